The fourth-order valence-corrected chi connectivity index (χ4v) is 5.68. The summed E-state index contributed by atoms with van der Waals surface area (Å²) in [6.45, 7) is 0. The van der Waals surface area contributed by atoms with Gasteiger partial charge in [-0.25, -0.2) is 8.42 Å². The number of amides is 1. The molecule has 4 rings (SSSR count). The van der Waals surface area contributed by atoms with Gasteiger partial charge in [0.25, 0.3) is 0 Å². The van der Waals surface area contributed by atoms with Gasteiger partial charge in [0.15, 0.2) is 5.78 Å². The van der Waals surface area contributed by atoms with Crippen molar-refractivity contribution in [1.29, 1.82) is 0 Å². The third-order valence-corrected chi connectivity index (χ3v) is 8.39. The number of carbonyl (C=O) groups is 2. The zero-order valence-electron chi connectivity index (χ0n) is 21.4. The normalized spacial score (nSPS) is 12.1. The smallest absolute Gasteiger partial charge is 0.243 e. The van der Waals surface area contributed by atoms with Crippen molar-refractivity contribution in [1.82, 2.24) is 4.31 Å². The average Bonchev–Trinajstić information content (AvgIpc) is 2.97. The zero-order valence-corrected chi connectivity index (χ0v) is 22.9. The maximum Gasteiger partial charge on any atom is 0.243 e. The van der Waals surface area contributed by atoms with E-state index in [0.29, 0.717) is 21.9 Å². The van der Waals surface area contributed by atoms with E-state index in [4.69, 9.17) is 16.3 Å². The van der Waals surface area contributed by atoms with Crippen LogP contribution in [0.4, 0.5) is 5.69 Å². The Morgan fingerprint density at radius 3 is 2.13 bits per heavy atom. The molecule has 7 nitrogen and oxygen atoms in total. The lowest BCUT2D eigenvalue weighted by molar-refractivity contribution is -0.117. The molecule has 1 amide bonds. The molecule has 0 fully saturated rings. The molecule has 0 aliphatic heterocycles. The molecule has 4 aromatic carbocycles. The van der Waals surface area contributed by atoms with Gasteiger partial charge in [-0.2, -0.15) is 4.31 Å². The molecular weight excluding hydrogens is 536 g/mol. The van der Waals surface area contributed by atoms with E-state index >= 15 is 0 Å². The fourth-order valence-electron chi connectivity index (χ4n) is 4.14. The fraction of sp³-hybridized carbons (Fsp3) is 0.133. The van der Waals surface area contributed by atoms with Crippen molar-refractivity contribution in [2.45, 2.75) is 17.4 Å². The van der Waals surface area contributed by atoms with Crippen molar-refractivity contribution in [2.75, 3.05) is 19.5 Å². The van der Waals surface area contributed by atoms with Crippen LogP contribution in [0.25, 0.3) is 0 Å². The Morgan fingerprint density at radius 1 is 0.897 bits per heavy atom. The maximum absolute atomic E-state index is 13.5. The number of ether oxygens (including phenoxy) is 1. The van der Waals surface area contributed by atoms with E-state index in [-0.39, 0.29) is 28.4 Å². The van der Waals surface area contributed by atoms with E-state index in [2.05, 4.69) is 5.32 Å². The molecule has 0 radical (unpaired) electrons. The molecule has 0 aliphatic carbocycles. The predicted octanol–water partition coefficient (Wildman–Crippen LogP) is 5.97. The van der Waals surface area contributed by atoms with Gasteiger partial charge in [0.2, 0.25) is 15.9 Å². The SMILES string of the molecule is COc1ccc([C@@H](CC(=O)Nc2ccc(Cl)cc2C(=O)c2ccccc2)N(C)S(=O)(=O)c2ccccc2)cc1. The molecule has 0 saturated heterocycles. The summed E-state index contributed by atoms with van der Waals surface area (Å²) < 4.78 is 33.3. The molecule has 0 bridgehead atoms. The summed E-state index contributed by atoms with van der Waals surface area (Å²) in [5.41, 5.74) is 1.55. The first-order valence-corrected chi connectivity index (χ1v) is 13.9. The minimum Gasteiger partial charge on any atom is -0.497 e. The molecular formula is C30H27ClN2O5S. The number of sulfonamides is 1. The number of carbonyl (C=O) groups excluding carboxylic acids is 2. The molecule has 0 saturated carbocycles. The van der Waals surface area contributed by atoms with Crippen LogP contribution in [-0.4, -0.2) is 38.6 Å². The third-order valence-electron chi connectivity index (χ3n) is 6.27. The molecule has 4 aromatic rings. The molecule has 1 N–H and O–H groups in total. The monoisotopic (exact) mass is 562 g/mol. The quantitative estimate of drug-likeness (QED) is 0.240. The molecule has 0 unspecified atom stereocenters. The van der Waals surface area contributed by atoms with E-state index < -0.39 is 22.0 Å². The second-order valence-corrected chi connectivity index (χ2v) is 11.2. The standard InChI is InChI=1S/C30H27ClN2O5S/c1-33(39(36,37)25-11-7-4-8-12-25)28(21-13-16-24(38-2)17-14-21)20-29(34)32-27-18-15-23(31)19-26(27)30(35)22-9-5-3-6-10-22/h3-19,28H,20H2,1-2H3,(H,32,34)/t28-/m1/s1. The summed E-state index contributed by atoms with van der Waals surface area (Å²) >= 11 is 6.18. The van der Waals surface area contributed by atoms with Crippen LogP contribution in [-0.2, 0) is 14.8 Å². The van der Waals surface area contributed by atoms with Crippen LogP contribution in [0.2, 0.25) is 5.02 Å². The lowest BCUT2D eigenvalue weighted by Crippen LogP contribution is -2.34. The van der Waals surface area contributed by atoms with Crippen LogP contribution in [0.3, 0.4) is 0 Å². The number of anilines is 1. The minimum absolute atomic E-state index is 0.111. The Labute approximate surface area is 233 Å². The molecule has 1 atom stereocenters. The highest BCUT2D eigenvalue weighted by molar-refractivity contribution is 7.89. The topological polar surface area (TPSA) is 92.8 Å². The Morgan fingerprint density at radius 2 is 1.51 bits per heavy atom. The first-order valence-electron chi connectivity index (χ1n) is 12.1. The summed E-state index contributed by atoms with van der Waals surface area (Å²) in [7, 11) is -0.958. The lowest BCUT2D eigenvalue weighted by atomic mass is 10.0. The van der Waals surface area contributed by atoms with E-state index in [0.717, 1.165) is 0 Å². The van der Waals surface area contributed by atoms with E-state index in [1.54, 1.807) is 84.9 Å². The van der Waals surface area contributed by atoms with Crippen LogP contribution < -0.4 is 10.1 Å². The number of hydrogen-bond acceptors (Lipinski definition) is 5. The van der Waals surface area contributed by atoms with Crippen molar-refractivity contribution < 1.29 is 22.7 Å². The van der Waals surface area contributed by atoms with E-state index in [1.807, 2.05) is 0 Å². The highest BCUT2D eigenvalue weighted by Crippen LogP contribution is 2.31. The minimum atomic E-state index is -3.93. The number of halogens is 1. The van der Waals surface area contributed by atoms with Crippen LogP contribution in [0, 0.1) is 0 Å². The highest BCUT2D eigenvalue weighted by Gasteiger charge is 2.31. The van der Waals surface area contributed by atoms with Crippen molar-refractivity contribution in [3.05, 3.63) is 125 Å². The van der Waals surface area contributed by atoms with Gasteiger partial charge in [0, 0.05) is 29.6 Å². The summed E-state index contributed by atoms with van der Waals surface area (Å²) in [4.78, 5) is 26.7. The van der Waals surface area contributed by atoms with Crippen molar-refractivity contribution >= 4 is 39.0 Å². The highest BCUT2D eigenvalue weighted by atomic mass is 35.5. The van der Waals surface area contributed by atoms with Crippen molar-refractivity contribution in [3.8, 4) is 5.75 Å². The predicted molar refractivity (Wildman–Crippen MR) is 152 cm³/mol. The largest absolute Gasteiger partial charge is 0.497 e. The summed E-state index contributed by atoms with van der Waals surface area (Å²) in [5, 5.41) is 3.14. The molecule has 0 heterocycles. The van der Waals surface area contributed by atoms with Crippen LogP contribution in [0.5, 0.6) is 5.75 Å². The summed E-state index contributed by atoms with van der Waals surface area (Å²) in [6.07, 6.45) is -0.212. The van der Waals surface area contributed by atoms with Crippen LogP contribution >= 0.6 is 11.6 Å². The number of hydrogen-bond donors (Lipinski definition) is 1. The van der Waals surface area contributed by atoms with Gasteiger partial charge in [-0.1, -0.05) is 72.3 Å². The van der Waals surface area contributed by atoms with Gasteiger partial charge in [-0.3, -0.25) is 9.59 Å². The number of ketones is 1. The number of nitrogens with one attached hydrogen (secondary N) is 1. The Bertz CT molecular complexity index is 1560. The summed E-state index contributed by atoms with van der Waals surface area (Å²) in [6, 6.07) is 27.3. The van der Waals surface area contributed by atoms with Gasteiger partial charge in [0.1, 0.15) is 5.75 Å². The second kappa shape index (κ2) is 12.3. The Balaban J connectivity index is 1.65. The molecule has 0 aromatic heterocycles. The molecule has 200 valence electrons. The van der Waals surface area contributed by atoms with E-state index in [9.17, 15) is 18.0 Å². The van der Waals surface area contributed by atoms with Gasteiger partial charge in [0.05, 0.1) is 23.7 Å². The Hall–Kier alpha value is -3.98. The molecule has 9 heteroatoms. The number of benzene rings is 4. The molecule has 39 heavy (non-hydrogen) atoms. The van der Waals surface area contributed by atoms with Crippen LogP contribution in [0.1, 0.15) is 33.9 Å². The Kier molecular flexibility index (Phi) is 8.81. The molecule has 0 aliphatic rings. The maximum atomic E-state index is 13.5. The number of methoxy groups -OCH3 is 1. The lowest BCUT2D eigenvalue weighted by Gasteiger charge is -2.28. The van der Waals surface area contributed by atoms with Crippen LogP contribution in [0.15, 0.2) is 108 Å². The van der Waals surface area contributed by atoms with Gasteiger partial charge < -0.3 is 10.1 Å². The average molecular weight is 563 g/mol. The van der Waals surface area contributed by atoms with Gasteiger partial charge in [-0.15, -0.1) is 0 Å². The zero-order chi connectivity index (χ0) is 28.0. The first kappa shape index (κ1) is 28.0. The number of nitrogens with zero attached hydrogens (tertiary/aromatic N) is 1. The second-order valence-electron chi connectivity index (χ2n) is 8.76. The first-order chi connectivity index (χ1) is 18.7. The van der Waals surface area contributed by atoms with Crippen molar-refractivity contribution in [2.24, 2.45) is 0 Å². The summed E-state index contributed by atoms with van der Waals surface area (Å²) in [5.74, 6) is -0.181. The number of rotatable bonds is 10. The van der Waals surface area contributed by atoms with Gasteiger partial charge >= 0.3 is 0 Å². The van der Waals surface area contributed by atoms with Crippen molar-refractivity contribution in [3.63, 3.8) is 0 Å². The molecule has 0 spiro atoms. The van der Waals surface area contributed by atoms with Gasteiger partial charge in [-0.05, 0) is 48.0 Å². The van der Waals surface area contributed by atoms with E-state index in [1.165, 1.54) is 36.7 Å². The third kappa shape index (κ3) is 6.54.